The van der Waals surface area contributed by atoms with Gasteiger partial charge in [0.15, 0.2) is 5.84 Å². The number of hydrogen-bond acceptors (Lipinski definition) is 5. The van der Waals surface area contributed by atoms with Gasteiger partial charge in [-0.3, -0.25) is 10.2 Å². The predicted molar refractivity (Wildman–Crippen MR) is 153 cm³/mol. The van der Waals surface area contributed by atoms with Crippen LogP contribution in [0.15, 0.2) is 52.1 Å². The van der Waals surface area contributed by atoms with E-state index in [1.54, 1.807) is 24.3 Å². The number of nitrogens with one attached hydrogen (secondary N) is 1. The van der Waals surface area contributed by atoms with E-state index in [1.807, 2.05) is 27.7 Å². The number of ether oxygens (including phenoxy) is 1. The Morgan fingerprint density at radius 1 is 1.16 bits per heavy atom. The first kappa shape index (κ1) is 25.6. The Hall–Kier alpha value is -3.07. The van der Waals surface area contributed by atoms with Crippen LogP contribution in [0.25, 0.3) is 17.0 Å². The summed E-state index contributed by atoms with van der Waals surface area (Å²) in [5, 5.41) is 18.0. The number of nitrogens with zero attached hydrogens (tertiary/aromatic N) is 4. The molecule has 0 spiro atoms. The summed E-state index contributed by atoms with van der Waals surface area (Å²) in [5.74, 6) is 0.351. The molecule has 2 aliphatic rings. The zero-order chi connectivity index (χ0) is 26.4. The van der Waals surface area contributed by atoms with Gasteiger partial charge >= 0.3 is 0 Å². The molecular weight excluding hydrogens is 529 g/mol. The van der Waals surface area contributed by atoms with Gasteiger partial charge in [-0.1, -0.05) is 48.7 Å². The number of halogens is 2. The van der Waals surface area contributed by atoms with Crippen LogP contribution in [0.3, 0.4) is 0 Å². The normalized spacial score (nSPS) is 16.6. The van der Waals surface area contributed by atoms with Crippen LogP contribution >= 0.6 is 35.0 Å². The number of thioether (sulfide) groups is 1. The molecule has 2 aromatic carbocycles. The molecule has 3 aromatic rings. The highest BCUT2D eigenvalue weighted by molar-refractivity contribution is 8.27. The Labute approximate surface area is 229 Å². The van der Waals surface area contributed by atoms with Crippen molar-refractivity contribution in [3.05, 3.63) is 68.8 Å². The van der Waals surface area contributed by atoms with Gasteiger partial charge in [-0.15, -0.1) is 0 Å². The largest absolute Gasteiger partial charge is 0.490 e. The van der Waals surface area contributed by atoms with Crippen molar-refractivity contribution in [3.8, 4) is 5.75 Å². The molecule has 1 aromatic heterocycles. The van der Waals surface area contributed by atoms with E-state index in [-0.39, 0.29) is 17.3 Å². The van der Waals surface area contributed by atoms with Crippen molar-refractivity contribution in [2.75, 3.05) is 6.61 Å². The smallest absolute Gasteiger partial charge is 0.283 e. The van der Waals surface area contributed by atoms with Gasteiger partial charge in [0.2, 0.25) is 5.17 Å². The predicted octanol–water partition coefficient (Wildman–Crippen LogP) is 6.92. The van der Waals surface area contributed by atoms with Crippen molar-refractivity contribution in [2.45, 2.75) is 34.2 Å². The highest BCUT2D eigenvalue weighted by Crippen LogP contribution is 2.34. The molecule has 1 N–H and O–H groups in total. The van der Waals surface area contributed by atoms with Gasteiger partial charge in [-0.05, 0) is 62.0 Å². The van der Waals surface area contributed by atoms with Gasteiger partial charge in [-0.2, -0.15) is 15.1 Å². The average molecular weight is 555 g/mol. The molecule has 0 bridgehead atoms. The second-order valence-corrected chi connectivity index (χ2v) is 11.0. The third-order valence-electron chi connectivity index (χ3n) is 6.25. The summed E-state index contributed by atoms with van der Waals surface area (Å²) in [4.78, 5) is 17.2. The van der Waals surface area contributed by atoms with Gasteiger partial charge in [-0.25, -0.2) is 0 Å². The average Bonchev–Trinajstić information content (AvgIpc) is 3.37. The third kappa shape index (κ3) is 4.81. The first-order valence-electron chi connectivity index (χ1n) is 11.8. The van der Waals surface area contributed by atoms with Crippen LogP contribution < -0.4 is 4.74 Å². The standard InChI is InChI=1S/C27H25Cl2N5O2S/c1-14(2)26-32-34-24(30)20(25(35)31-27(34)37-26)13-18-16(4)33(22-7-5-15(3)11-19(18)22)9-10-36-23-8-6-17(28)12-21(23)29/h5-8,11-14,30H,9-10H2,1-4H3. The van der Waals surface area contributed by atoms with E-state index in [4.69, 9.17) is 33.3 Å². The van der Waals surface area contributed by atoms with Crippen LogP contribution in [0.4, 0.5) is 0 Å². The number of fused-ring (bicyclic) bond motifs is 2. The molecule has 0 fully saturated rings. The Kier molecular flexibility index (Phi) is 6.91. The molecule has 0 atom stereocenters. The fraction of sp³-hybridized carbons (Fsp3) is 0.259. The van der Waals surface area contributed by atoms with E-state index in [1.165, 1.54) is 16.8 Å². The van der Waals surface area contributed by atoms with Gasteiger partial charge < -0.3 is 9.30 Å². The minimum Gasteiger partial charge on any atom is -0.490 e. The van der Waals surface area contributed by atoms with E-state index >= 15 is 0 Å². The quantitative estimate of drug-likeness (QED) is 0.336. The van der Waals surface area contributed by atoms with Gasteiger partial charge in [0.25, 0.3) is 5.91 Å². The number of hydrazone groups is 1. The zero-order valence-corrected chi connectivity index (χ0v) is 23.1. The maximum atomic E-state index is 13.0. The number of amidine groups is 2. The van der Waals surface area contributed by atoms with Crippen LogP contribution in [0.2, 0.25) is 10.0 Å². The number of rotatable bonds is 6. The summed E-state index contributed by atoms with van der Waals surface area (Å²) < 4.78 is 8.09. The molecule has 0 saturated heterocycles. The molecule has 7 nitrogen and oxygen atoms in total. The Bertz CT molecular complexity index is 1550. The van der Waals surface area contributed by atoms with Crippen LogP contribution in [-0.2, 0) is 11.3 Å². The third-order valence-corrected chi connectivity index (χ3v) is 7.99. The molecule has 3 heterocycles. The second-order valence-electron chi connectivity index (χ2n) is 9.21. The molecule has 0 saturated carbocycles. The van der Waals surface area contributed by atoms with Crippen LogP contribution in [0.1, 0.15) is 30.7 Å². The Morgan fingerprint density at radius 3 is 2.68 bits per heavy atom. The number of hydrogen-bond donors (Lipinski definition) is 1. The van der Waals surface area contributed by atoms with Crippen molar-refractivity contribution in [1.29, 1.82) is 5.41 Å². The molecule has 5 rings (SSSR count). The summed E-state index contributed by atoms with van der Waals surface area (Å²) in [5.41, 5.74) is 4.15. The molecule has 0 unspecified atom stereocenters. The molecule has 1 amide bonds. The molecule has 37 heavy (non-hydrogen) atoms. The van der Waals surface area contributed by atoms with E-state index in [0.29, 0.717) is 34.1 Å². The maximum absolute atomic E-state index is 13.0. The van der Waals surface area contributed by atoms with Crippen LogP contribution in [-0.4, -0.2) is 38.1 Å². The molecule has 190 valence electrons. The van der Waals surface area contributed by atoms with Gasteiger partial charge in [0.1, 0.15) is 17.4 Å². The Morgan fingerprint density at radius 2 is 1.95 bits per heavy atom. The maximum Gasteiger partial charge on any atom is 0.283 e. The zero-order valence-electron chi connectivity index (χ0n) is 20.8. The van der Waals surface area contributed by atoms with Gasteiger partial charge in [0.05, 0.1) is 17.1 Å². The van der Waals surface area contributed by atoms with Crippen LogP contribution in [0.5, 0.6) is 5.75 Å². The molecule has 2 aliphatic heterocycles. The monoisotopic (exact) mass is 553 g/mol. The van der Waals surface area contributed by atoms with E-state index < -0.39 is 5.91 Å². The van der Waals surface area contributed by atoms with Crippen molar-refractivity contribution < 1.29 is 9.53 Å². The number of aliphatic imine (C=N–C) groups is 1. The first-order chi connectivity index (χ1) is 17.6. The number of carbonyl (C=O) groups excluding carboxylic acids is 1. The number of amides is 1. The fourth-order valence-corrected chi connectivity index (χ4v) is 5.67. The lowest BCUT2D eigenvalue weighted by atomic mass is 10.0. The summed E-state index contributed by atoms with van der Waals surface area (Å²) >= 11 is 13.6. The van der Waals surface area contributed by atoms with Crippen molar-refractivity contribution in [1.82, 2.24) is 9.58 Å². The molecule has 0 radical (unpaired) electrons. The number of aryl methyl sites for hydroxylation is 1. The Balaban J connectivity index is 1.50. The molecular formula is C27H25Cl2N5O2S. The lowest BCUT2D eigenvalue weighted by Gasteiger charge is -2.20. The summed E-state index contributed by atoms with van der Waals surface area (Å²) in [6.45, 7) is 9.03. The van der Waals surface area contributed by atoms with E-state index in [2.05, 4.69) is 32.9 Å². The topological polar surface area (TPSA) is 83.0 Å². The fourth-order valence-electron chi connectivity index (χ4n) is 4.32. The van der Waals surface area contributed by atoms with Crippen molar-refractivity contribution in [3.63, 3.8) is 0 Å². The highest BCUT2D eigenvalue weighted by atomic mass is 35.5. The van der Waals surface area contributed by atoms with Crippen molar-refractivity contribution in [2.24, 2.45) is 16.0 Å². The summed E-state index contributed by atoms with van der Waals surface area (Å²) in [6.07, 6.45) is 1.77. The minimum atomic E-state index is -0.433. The van der Waals surface area contributed by atoms with Crippen molar-refractivity contribution >= 4 is 73.9 Å². The summed E-state index contributed by atoms with van der Waals surface area (Å²) in [6, 6.07) is 11.4. The second kappa shape index (κ2) is 10.0. The van der Waals surface area contributed by atoms with Crippen LogP contribution in [0, 0.1) is 25.2 Å². The SMILES string of the molecule is Cc1ccc2c(c1)c(C=C1C(=N)N3N=C(C(C)C)SC3=NC1=O)c(C)n2CCOc1ccc(Cl)cc1Cl. The number of carbonyl (C=O) groups is 1. The lowest BCUT2D eigenvalue weighted by molar-refractivity contribution is -0.114. The lowest BCUT2D eigenvalue weighted by Crippen LogP contribution is -2.35. The molecule has 0 aliphatic carbocycles. The minimum absolute atomic E-state index is 0.0341. The first-order valence-corrected chi connectivity index (χ1v) is 13.4. The van der Waals surface area contributed by atoms with Gasteiger partial charge in [0, 0.05) is 33.1 Å². The van der Waals surface area contributed by atoms with E-state index in [9.17, 15) is 4.79 Å². The molecule has 10 heteroatoms. The number of benzene rings is 2. The highest BCUT2D eigenvalue weighted by Gasteiger charge is 2.36. The van der Waals surface area contributed by atoms with E-state index in [0.717, 1.165) is 32.8 Å². The number of aromatic nitrogens is 1. The summed E-state index contributed by atoms with van der Waals surface area (Å²) in [7, 11) is 0.